The first-order valence-corrected chi connectivity index (χ1v) is 11.5. The highest BCUT2D eigenvalue weighted by Gasteiger charge is 2.16. The second-order valence-electron chi connectivity index (χ2n) is 8.21. The van der Waals surface area contributed by atoms with Crippen molar-refractivity contribution in [1.29, 1.82) is 0 Å². The van der Waals surface area contributed by atoms with Gasteiger partial charge in [-0.05, 0) is 37.8 Å². The van der Waals surface area contributed by atoms with Crippen LogP contribution < -0.4 is 20.9 Å². The number of nitrogens with one attached hydrogen (secondary N) is 3. The Balaban J connectivity index is 1.28. The van der Waals surface area contributed by atoms with E-state index in [0.29, 0.717) is 19.0 Å². The van der Waals surface area contributed by atoms with E-state index in [4.69, 9.17) is 4.74 Å². The SMILES string of the molecule is O=C(CCCCCNC(=O)NC1CCCCC1)Nc1ccccc1N1CCOCC1. The van der Waals surface area contributed by atoms with E-state index in [9.17, 15) is 9.59 Å². The predicted octanol–water partition coefficient (Wildman–Crippen LogP) is 3.65. The number of benzene rings is 1. The van der Waals surface area contributed by atoms with Gasteiger partial charge >= 0.3 is 6.03 Å². The molecular formula is C23H36N4O3. The normalized spacial score (nSPS) is 17.4. The molecule has 1 aliphatic heterocycles. The lowest BCUT2D eigenvalue weighted by molar-refractivity contribution is -0.116. The Morgan fingerprint density at radius 3 is 2.57 bits per heavy atom. The van der Waals surface area contributed by atoms with Crippen LogP contribution in [0.5, 0.6) is 0 Å². The van der Waals surface area contributed by atoms with E-state index in [2.05, 4.69) is 20.9 Å². The Labute approximate surface area is 179 Å². The van der Waals surface area contributed by atoms with E-state index in [1.807, 2.05) is 24.3 Å². The average Bonchev–Trinajstić information content (AvgIpc) is 2.78. The van der Waals surface area contributed by atoms with Gasteiger partial charge in [0, 0.05) is 32.1 Å². The number of para-hydroxylation sites is 2. The number of unbranched alkanes of at least 4 members (excludes halogenated alkanes) is 2. The minimum absolute atomic E-state index is 0.0405. The van der Waals surface area contributed by atoms with Gasteiger partial charge in [0.1, 0.15) is 0 Å². The fourth-order valence-electron chi connectivity index (χ4n) is 4.14. The molecule has 30 heavy (non-hydrogen) atoms. The van der Waals surface area contributed by atoms with Gasteiger partial charge in [-0.15, -0.1) is 0 Å². The molecule has 1 aromatic rings. The molecule has 7 nitrogen and oxygen atoms in total. The number of morpholine rings is 1. The molecule has 1 saturated heterocycles. The lowest BCUT2D eigenvalue weighted by Crippen LogP contribution is -2.43. The highest BCUT2D eigenvalue weighted by Crippen LogP contribution is 2.26. The summed E-state index contributed by atoms with van der Waals surface area (Å²) in [6, 6.07) is 8.23. The number of rotatable bonds is 9. The summed E-state index contributed by atoms with van der Waals surface area (Å²) in [4.78, 5) is 26.5. The van der Waals surface area contributed by atoms with Gasteiger partial charge in [-0.25, -0.2) is 4.79 Å². The number of nitrogens with zero attached hydrogens (tertiary/aromatic N) is 1. The lowest BCUT2D eigenvalue weighted by atomic mass is 9.96. The number of hydrogen-bond donors (Lipinski definition) is 3. The van der Waals surface area contributed by atoms with E-state index >= 15 is 0 Å². The number of amides is 3. The van der Waals surface area contributed by atoms with Crippen LogP contribution in [0.1, 0.15) is 57.8 Å². The summed E-state index contributed by atoms with van der Waals surface area (Å²) in [5, 5.41) is 9.06. The van der Waals surface area contributed by atoms with Gasteiger partial charge in [0.05, 0.1) is 24.6 Å². The Kier molecular flexibility index (Phi) is 9.28. The van der Waals surface area contributed by atoms with Crippen molar-refractivity contribution in [2.45, 2.75) is 63.8 Å². The Bertz CT molecular complexity index is 670. The summed E-state index contributed by atoms with van der Waals surface area (Å²) in [6.45, 7) is 3.77. The first-order chi connectivity index (χ1) is 14.7. The Morgan fingerprint density at radius 1 is 1.00 bits per heavy atom. The molecule has 1 saturated carbocycles. The van der Waals surface area contributed by atoms with Gasteiger partial charge in [0.2, 0.25) is 5.91 Å². The number of carbonyl (C=O) groups is 2. The lowest BCUT2D eigenvalue weighted by Gasteiger charge is -2.30. The molecule has 0 bridgehead atoms. The average molecular weight is 417 g/mol. The maximum atomic E-state index is 12.4. The monoisotopic (exact) mass is 416 g/mol. The third-order valence-electron chi connectivity index (χ3n) is 5.84. The maximum absolute atomic E-state index is 12.4. The Hall–Kier alpha value is -2.28. The van der Waals surface area contributed by atoms with Crippen LogP contribution in [0.3, 0.4) is 0 Å². The smallest absolute Gasteiger partial charge is 0.315 e. The van der Waals surface area contributed by atoms with Gasteiger partial charge in [0.25, 0.3) is 0 Å². The standard InChI is InChI=1S/C23H36N4O3/c28-22(26-20-11-6-7-12-21(20)27-15-17-30-18-16-27)13-5-2-8-14-24-23(29)25-19-9-3-1-4-10-19/h6-7,11-12,19H,1-5,8-10,13-18H2,(H,26,28)(H2,24,25,29). The topological polar surface area (TPSA) is 82.7 Å². The third kappa shape index (κ3) is 7.52. The van der Waals surface area contributed by atoms with Crippen LogP contribution >= 0.6 is 0 Å². The molecule has 166 valence electrons. The molecule has 1 aliphatic carbocycles. The van der Waals surface area contributed by atoms with E-state index in [1.54, 1.807) is 0 Å². The van der Waals surface area contributed by atoms with Crippen molar-refractivity contribution in [3.63, 3.8) is 0 Å². The minimum Gasteiger partial charge on any atom is -0.378 e. The predicted molar refractivity (Wildman–Crippen MR) is 120 cm³/mol. The van der Waals surface area contributed by atoms with Crippen molar-refractivity contribution in [2.24, 2.45) is 0 Å². The fraction of sp³-hybridized carbons (Fsp3) is 0.652. The summed E-state index contributed by atoms with van der Waals surface area (Å²) in [6.07, 6.45) is 9.01. The zero-order valence-electron chi connectivity index (χ0n) is 18.0. The van der Waals surface area contributed by atoms with Crippen molar-refractivity contribution in [2.75, 3.05) is 43.1 Å². The largest absolute Gasteiger partial charge is 0.378 e. The van der Waals surface area contributed by atoms with Crippen LogP contribution in [0.25, 0.3) is 0 Å². The number of carbonyl (C=O) groups excluding carboxylic acids is 2. The molecule has 2 fully saturated rings. The second kappa shape index (κ2) is 12.4. The van der Waals surface area contributed by atoms with Crippen LogP contribution in [0.4, 0.5) is 16.2 Å². The van der Waals surface area contributed by atoms with E-state index in [1.165, 1.54) is 19.3 Å². The second-order valence-corrected chi connectivity index (χ2v) is 8.21. The third-order valence-corrected chi connectivity index (χ3v) is 5.84. The van der Waals surface area contributed by atoms with E-state index < -0.39 is 0 Å². The first-order valence-electron chi connectivity index (χ1n) is 11.5. The molecule has 0 atom stereocenters. The summed E-state index contributed by atoms with van der Waals surface area (Å²) < 4.78 is 5.42. The minimum atomic E-state index is -0.0561. The van der Waals surface area contributed by atoms with Crippen LogP contribution in [0.15, 0.2) is 24.3 Å². The van der Waals surface area contributed by atoms with Gasteiger partial charge in [-0.3, -0.25) is 4.79 Å². The fourth-order valence-corrected chi connectivity index (χ4v) is 4.14. The van der Waals surface area contributed by atoms with Crippen molar-refractivity contribution in [1.82, 2.24) is 10.6 Å². The highest BCUT2D eigenvalue weighted by molar-refractivity contribution is 5.94. The van der Waals surface area contributed by atoms with Crippen LogP contribution in [-0.2, 0) is 9.53 Å². The number of ether oxygens (including phenoxy) is 1. The Morgan fingerprint density at radius 2 is 1.77 bits per heavy atom. The van der Waals surface area contributed by atoms with Crippen LogP contribution in [0.2, 0.25) is 0 Å². The van der Waals surface area contributed by atoms with Gasteiger partial charge in [-0.1, -0.05) is 37.8 Å². The molecule has 3 rings (SSSR count). The summed E-state index contributed by atoms with van der Waals surface area (Å²) in [5.41, 5.74) is 1.92. The molecular weight excluding hydrogens is 380 g/mol. The van der Waals surface area contributed by atoms with Gasteiger partial charge in [-0.2, -0.15) is 0 Å². The quantitative estimate of drug-likeness (QED) is 0.537. The molecule has 0 unspecified atom stereocenters. The summed E-state index contributed by atoms with van der Waals surface area (Å²) in [7, 11) is 0. The number of urea groups is 1. The molecule has 0 aromatic heterocycles. The van der Waals surface area contributed by atoms with Crippen LogP contribution in [0, 0.1) is 0 Å². The molecule has 7 heteroatoms. The highest BCUT2D eigenvalue weighted by atomic mass is 16.5. The summed E-state index contributed by atoms with van der Waals surface area (Å²) in [5.74, 6) is 0.0405. The van der Waals surface area contributed by atoms with E-state index in [0.717, 1.165) is 69.8 Å². The molecule has 1 heterocycles. The van der Waals surface area contributed by atoms with Crippen molar-refractivity contribution < 1.29 is 14.3 Å². The summed E-state index contributed by atoms with van der Waals surface area (Å²) >= 11 is 0. The van der Waals surface area contributed by atoms with Crippen molar-refractivity contribution in [3.8, 4) is 0 Å². The first kappa shape index (κ1) is 22.4. The zero-order chi connectivity index (χ0) is 21.0. The van der Waals surface area contributed by atoms with Crippen molar-refractivity contribution >= 4 is 23.3 Å². The van der Waals surface area contributed by atoms with E-state index in [-0.39, 0.29) is 11.9 Å². The number of anilines is 2. The number of hydrogen-bond acceptors (Lipinski definition) is 4. The maximum Gasteiger partial charge on any atom is 0.315 e. The van der Waals surface area contributed by atoms with Gasteiger partial charge < -0.3 is 25.6 Å². The molecule has 0 radical (unpaired) electrons. The zero-order valence-corrected chi connectivity index (χ0v) is 18.0. The molecule has 3 amide bonds. The molecule has 2 aliphatic rings. The van der Waals surface area contributed by atoms with Gasteiger partial charge in [0.15, 0.2) is 0 Å². The molecule has 0 spiro atoms. The molecule has 1 aromatic carbocycles. The van der Waals surface area contributed by atoms with Crippen molar-refractivity contribution in [3.05, 3.63) is 24.3 Å². The van der Waals surface area contributed by atoms with Crippen LogP contribution in [-0.4, -0.2) is 50.8 Å². The molecule has 3 N–H and O–H groups in total.